The number of amidine groups is 1. The summed E-state index contributed by atoms with van der Waals surface area (Å²) in [5.41, 5.74) is 5.93. The average Bonchev–Trinajstić information content (AvgIpc) is 2.41. The van der Waals surface area contributed by atoms with Crippen LogP contribution < -0.4 is 10.5 Å². The van der Waals surface area contributed by atoms with Gasteiger partial charge in [0.15, 0.2) is 5.69 Å². The summed E-state index contributed by atoms with van der Waals surface area (Å²) in [7, 11) is 0. The van der Waals surface area contributed by atoms with Crippen LogP contribution in [0.25, 0.3) is 0 Å². The van der Waals surface area contributed by atoms with Crippen molar-refractivity contribution in [3.63, 3.8) is 0 Å². The largest absolute Gasteiger partial charge is 0.430 e. The highest BCUT2D eigenvalue weighted by Gasteiger charge is 2.19. The number of nitrogens with one attached hydrogen (secondary N) is 1. The minimum absolute atomic E-state index is 0.0172. The molecule has 0 saturated heterocycles. The molecule has 0 radical (unpaired) electrons. The first-order valence-corrected chi connectivity index (χ1v) is 5.57. The fourth-order valence-corrected chi connectivity index (χ4v) is 1.55. The number of nitrogen functional groups attached to an aromatic ring is 1. The summed E-state index contributed by atoms with van der Waals surface area (Å²) in [6.07, 6.45) is 2.70. The number of hydrogen-bond acceptors (Lipinski definition) is 6. The molecular weight excluding hydrogens is 262 g/mol. The van der Waals surface area contributed by atoms with Crippen LogP contribution in [0.5, 0.6) is 11.6 Å². The summed E-state index contributed by atoms with van der Waals surface area (Å²) in [5, 5.41) is 18.4. The molecular formula is C12H11N5O3. The van der Waals surface area contributed by atoms with Crippen molar-refractivity contribution in [2.24, 2.45) is 5.73 Å². The zero-order valence-corrected chi connectivity index (χ0v) is 10.5. The summed E-state index contributed by atoms with van der Waals surface area (Å²) in [6, 6.07) is 4.53. The van der Waals surface area contributed by atoms with Gasteiger partial charge in [0.1, 0.15) is 5.84 Å². The molecule has 0 aliphatic rings. The quantitative estimate of drug-likeness (QED) is 0.378. The van der Waals surface area contributed by atoms with Gasteiger partial charge in [-0.1, -0.05) is 6.07 Å². The second-order valence-corrected chi connectivity index (χ2v) is 3.95. The molecule has 102 valence electrons. The number of rotatable bonds is 4. The van der Waals surface area contributed by atoms with Crippen LogP contribution in [0, 0.1) is 22.4 Å². The number of nitro benzene ring substituents is 1. The van der Waals surface area contributed by atoms with Crippen molar-refractivity contribution in [3.8, 4) is 11.6 Å². The van der Waals surface area contributed by atoms with Crippen LogP contribution in [0.3, 0.4) is 0 Å². The fourth-order valence-electron chi connectivity index (χ4n) is 1.55. The van der Waals surface area contributed by atoms with E-state index in [-0.39, 0.29) is 28.8 Å². The molecule has 8 nitrogen and oxygen atoms in total. The van der Waals surface area contributed by atoms with Gasteiger partial charge in [0.05, 0.1) is 4.92 Å². The molecule has 0 saturated carbocycles. The second kappa shape index (κ2) is 5.31. The molecule has 3 N–H and O–H groups in total. The van der Waals surface area contributed by atoms with E-state index in [9.17, 15) is 10.1 Å². The van der Waals surface area contributed by atoms with E-state index in [1.165, 1.54) is 24.5 Å². The number of nitrogens with zero attached hydrogens (tertiary/aromatic N) is 3. The van der Waals surface area contributed by atoms with E-state index in [4.69, 9.17) is 15.9 Å². The van der Waals surface area contributed by atoms with Crippen LogP contribution in [0.15, 0.2) is 30.6 Å². The van der Waals surface area contributed by atoms with Crippen molar-refractivity contribution >= 4 is 11.5 Å². The highest BCUT2D eigenvalue weighted by molar-refractivity contribution is 5.95. The van der Waals surface area contributed by atoms with Gasteiger partial charge in [0, 0.05) is 18.5 Å². The first-order valence-electron chi connectivity index (χ1n) is 5.57. The van der Waals surface area contributed by atoms with Crippen molar-refractivity contribution in [2.45, 2.75) is 6.92 Å². The van der Waals surface area contributed by atoms with Crippen LogP contribution in [0.2, 0.25) is 0 Å². The number of nitro groups is 1. The van der Waals surface area contributed by atoms with E-state index in [2.05, 4.69) is 9.97 Å². The lowest BCUT2D eigenvalue weighted by molar-refractivity contribution is -0.385. The first-order chi connectivity index (χ1) is 9.49. The van der Waals surface area contributed by atoms with Crippen LogP contribution >= 0.6 is 0 Å². The van der Waals surface area contributed by atoms with E-state index < -0.39 is 4.92 Å². The number of ether oxygens (including phenoxy) is 1. The van der Waals surface area contributed by atoms with Gasteiger partial charge in [-0.05, 0) is 18.6 Å². The lowest BCUT2D eigenvalue weighted by Crippen LogP contribution is -2.15. The van der Waals surface area contributed by atoms with E-state index in [1.807, 2.05) is 0 Å². The molecule has 0 fully saturated rings. The van der Waals surface area contributed by atoms with Crippen LogP contribution in [-0.4, -0.2) is 20.7 Å². The van der Waals surface area contributed by atoms with E-state index in [1.54, 1.807) is 13.0 Å². The third-order valence-corrected chi connectivity index (χ3v) is 2.44. The lowest BCUT2D eigenvalue weighted by atomic mass is 10.2. The van der Waals surface area contributed by atoms with Gasteiger partial charge in [-0.25, -0.2) is 9.97 Å². The molecule has 20 heavy (non-hydrogen) atoms. The fraction of sp³-hybridized carbons (Fsp3) is 0.0833. The van der Waals surface area contributed by atoms with Gasteiger partial charge in [-0.2, -0.15) is 0 Å². The van der Waals surface area contributed by atoms with E-state index >= 15 is 0 Å². The monoisotopic (exact) mass is 273 g/mol. The van der Waals surface area contributed by atoms with Crippen LogP contribution in [0.4, 0.5) is 5.69 Å². The molecule has 0 aliphatic heterocycles. The minimum Gasteiger partial charge on any atom is -0.430 e. The number of aromatic nitrogens is 2. The molecule has 0 bridgehead atoms. The number of aryl methyl sites for hydroxylation is 1. The summed E-state index contributed by atoms with van der Waals surface area (Å²) < 4.78 is 5.38. The Kier molecular flexibility index (Phi) is 3.56. The van der Waals surface area contributed by atoms with E-state index in [0.29, 0.717) is 0 Å². The smallest absolute Gasteiger partial charge is 0.311 e. The average molecular weight is 273 g/mol. The molecule has 1 aromatic heterocycles. The highest BCUT2D eigenvalue weighted by atomic mass is 16.6. The summed E-state index contributed by atoms with van der Waals surface area (Å²) in [4.78, 5) is 18.2. The topological polar surface area (TPSA) is 128 Å². The van der Waals surface area contributed by atoms with Crippen molar-refractivity contribution < 1.29 is 9.66 Å². The summed E-state index contributed by atoms with van der Waals surface area (Å²) in [6.45, 7) is 1.74. The third kappa shape index (κ3) is 2.69. The Hall–Kier alpha value is -3.03. The van der Waals surface area contributed by atoms with Crippen molar-refractivity contribution in [3.05, 3.63) is 52.0 Å². The minimum atomic E-state index is -0.549. The maximum Gasteiger partial charge on any atom is 0.311 e. The Labute approximate surface area is 113 Å². The number of benzene rings is 1. The summed E-state index contributed by atoms with van der Waals surface area (Å²) >= 11 is 0. The second-order valence-electron chi connectivity index (χ2n) is 3.95. The molecule has 0 aliphatic carbocycles. The lowest BCUT2D eigenvalue weighted by Gasteiger charge is -2.08. The van der Waals surface area contributed by atoms with Gasteiger partial charge in [-0.15, -0.1) is 0 Å². The first kappa shape index (κ1) is 13.4. The van der Waals surface area contributed by atoms with Crippen molar-refractivity contribution in [1.82, 2.24) is 9.97 Å². The van der Waals surface area contributed by atoms with Crippen LogP contribution in [0.1, 0.15) is 11.3 Å². The van der Waals surface area contributed by atoms with Gasteiger partial charge in [0.25, 0.3) is 0 Å². The molecule has 8 heteroatoms. The third-order valence-electron chi connectivity index (χ3n) is 2.44. The Morgan fingerprint density at radius 1 is 1.40 bits per heavy atom. The van der Waals surface area contributed by atoms with Crippen molar-refractivity contribution in [1.29, 1.82) is 5.41 Å². The molecule has 1 aromatic carbocycles. The Bertz CT molecular complexity index is 687. The zero-order chi connectivity index (χ0) is 14.7. The molecule has 0 unspecified atom stereocenters. The highest BCUT2D eigenvalue weighted by Crippen LogP contribution is 2.31. The van der Waals surface area contributed by atoms with Crippen molar-refractivity contribution in [2.75, 3.05) is 0 Å². The predicted octanol–water partition coefficient (Wildman–Crippen LogP) is 1.77. The molecule has 1 heterocycles. The SMILES string of the molecule is Cc1ccc(Oc2nccnc2C(=N)N)c([N+](=O)[O-])c1. The number of nitrogens with two attached hydrogens (primary N) is 1. The molecule has 0 atom stereocenters. The molecule has 2 aromatic rings. The van der Waals surface area contributed by atoms with E-state index in [0.717, 1.165) is 5.56 Å². The summed E-state index contributed by atoms with van der Waals surface area (Å²) in [5.74, 6) is -0.363. The molecule has 0 spiro atoms. The molecule has 0 amide bonds. The van der Waals surface area contributed by atoms with Gasteiger partial charge < -0.3 is 10.5 Å². The molecule has 2 rings (SSSR count). The standard InChI is InChI=1S/C12H11N5O3/c1-7-2-3-9(8(6-7)17(18)19)20-12-10(11(13)14)15-4-5-16-12/h2-6H,1H3,(H3,13,14). The Morgan fingerprint density at radius 3 is 2.75 bits per heavy atom. The van der Waals surface area contributed by atoms with Gasteiger partial charge in [0.2, 0.25) is 11.6 Å². The zero-order valence-electron chi connectivity index (χ0n) is 10.5. The Morgan fingerprint density at radius 2 is 2.10 bits per heavy atom. The Balaban J connectivity index is 2.45. The van der Waals surface area contributed by atoms with Gasteiger partial charge >= 0.3 is 5.69 Å². The number of hydrogen-bond donors (Lipinski definition) is 2. The van der Waals surface area contributed by atoms with Gasteiger partial charge in [-0.3, -0.25) is 15.5 Å². The maximum atomic E-state index is 11.0. The predicted molar refractivity (Wildman–Crippen MR) is 71.0 cm³/mol. The normalized spacial score (nSPS) is 10.1. The maximum absolute atomic E-state index is 11.0. The van der Waals surface area contributed by atoms with Crippen LogP contribution in [-0.2, 0) is 0 Å².